The van der Waals surface area contributed by atoms with E-state index in [4.69, 9.17) is 4.98 Å². The highest BCUT2D eigenvalue weighted by Gasteiger charge is 2.31. The first kappa shape index (κ1) is 23.8. The second-order valence-corrected chi connectivity index (χ2v) is 9.53. The van der Waals surface area contributed by atoms with Crippen LogP contribution in [0, 0.1) is 5.92 Å². The number of amides is 1. The molecule has 5 heterocycles. The van der Waals surface area contributed by atoms with E-state index in [2.05, 4.69) is 49.7 Å². The molecule has 0 bridgehead atoms. The molecule has 0 unspecified atom stereocenters. The van der Waals surface area contributed by atoms with Crippen LogP contribution >= 0.6 is 0 Å². The van der Waals surface area contributed by atoms with E-state index in [1.807, 2.05) is 47.5 Å². The number of nitrogens with one attached hydrogen (secondary N) is 2. The molecule has 10 heteroatoms. The predicted octanol–water partition coefficient (Wildman–Crippen LogP) is 3.22. The molecule has 1 saturated heterocycles. The second-order valence-electron chi connectivity index (χ2n) is 9.53. The molecule has 0 aromatic carbocycles. The number of aryl methyl sites for hydroxylation is 1. The summed E-state index contributed by atoms with van der Waals surface area (Å²) >= 11 is 0. The lowest BCUT2D eigenvalue weighted by Crippen LogP contribution is -2.53. The Balaban J connectivity index is 1.22. The number of hydrogen-bond donors (Lipinski definition) is 2. The maximum absolute atomic E-state index is 11.6. The van der Waals surface area contributed by atoms with Gasteiger partial charge in [-0.25, -0.2) is 4.98 Å². The molecule has 5 rings (SSSR count). The number of hydrogen-bond acceptors (Lipinski definition) is 8. The SMILES string of the molecule is CNC(=O)C1CN(CCCn2cc(-c3cnc4ccc(Nc5cc(C(C)C)cnn5)nc4c3)cn2)C1. The normalized spacial score (nSPS) is 14.2. The third-order valence-electron chi connectivity index (χ3n) is 6.54. The predicted molar refractivity (Wildman–Crippen MR) is 139 cm³/mol. The summed E-state index contributed by atoms with van der Waals surface area (Å²) in [4.78, 5) is 23.3. The van der Waals surface area contributed by atoms with Crippen molar-refractivity contribution < 1.29 is 4.79 Å². The van der Waals surface area contributed by atoms with Gasteiger partial charge in [0, 0.05) is 50.2 Å². The van der Waals surface area contributed by atoms with Gasteiger partial charge in [0.15, 0.2) is 5.82 Å². The Morgan fingerprint density at radius 1 is 1.06 bits per heavy atom. The molecule has 0 saturated carbocycles. The molecule has 0 radical (unpaired) electrons. The average molecular weight is 486 g/mol. The van der Waals surface area contributed by atoms with Gasteiger partial charge in [-0.05, 0) is 48.7 Å². The summed E-state index contributed by atoms with van der Waals surface area (Å²) in [7, 11) is 1.69. The van der Waals surface area contributed by atoms with E-state index in [9.17, 15) is 4.79 Å². The number of nitrogens with zero attached hydrogens (tertiary/aromatic N) is 7. The van der Waals surface area contributed by atoms with Crippen LogP contribution in [-0.4, -0.2) is 67.4 Å². The summed E-state index contributed by atoms with van der Waals surface area (Å²) in [5.74, 6) is 2.00. The average Bonchev–Trinajstić information content (AvgIpc) is 3.33. The Kier molecular flexibility index (Phi) is 6.86. The third kappa shape index (κ3) is 5.33. The van der Waals surface area contributed by atoms with Gasteiger partial charge in [-0.3, -0.25) is 14.5 Å². The molecule has 1 aliphatic heterocycles. The first-order valence-electron chi connectivity index (χ1n) is 12.3. The Hall–Kier alpha value is -3.92. The first-order valence-corrected chi connectivity index (χ1v) is 12.3. The van der Waals surface area contributed by atoms with Gasteiger partial charge in [0.05, 0.1) is 29.3 Å². The summed E-state index contributed by atoms with van der Waals surface area (Å²) in [5.41, 5.74) is 4.71. The van der Waals surface area contributed by atoms with E-state index in [0.29, 0.717) is 17.6 Å². The zero-order chi connectivity index (χ0) is 25.1. The number of carbonyl (C=O) groups excluding carboxylic acids is 1. The van der Waals surface area contributed by atoms with Crippen LogP contribution in [0.4, 0.5) is 11.6 Å². The minimum absolute atomic E-state index is 0.133. The maximum Gasteiger partial charge on any atom is 0.225 e. The molecule has 4 aromatic heterocycles. The van der Waals surface area contributed by atoms with Crippen molar-refractivity contribution in [3.63, 3.8) is 0 Å². The van der Waals surface area contributed by atoms with Crippen molar-refractivity contribution in [2.75, 3.05) is 32.0 Å². The van der Waals surface area contributed by atoms with Gasteiger partial charge in [-0.2, -0.15) is 10.2 Å². The van der Waals surface area contributed by atoms with Crippen LogP contribution in [0.2, 0.25) is 0 Å². The minimum atomic E-state index is 0.133. The topological polar surface area (TPSA) is 114 Å². The molecule has 36 heavy (non-hydrogen) atoms. The highest BCUT2D eigenvalue weighted by atomic mass is 16.1. The van der Waals surface area contributed by atoms with Gasteiger partial charge < -0.3 is 15.5 Å². The highest BCUT2D eigenvalue weighted by molar-refractivity contribution is 5.81. The third-order valence-corrected chi connectivity index (χ3v) is 6.54. The van der Waals surface area contributed by atoms with Crippen molar-refractivity contribution in [2.45, 2.75) is 32.7 Å². The van der Waals surface area contributed by atoms with Gasteiger partial charge >= 0.3 is 0 Å². The summed E-state index contributed by atoms with van der Waals surface area (Å²) in [6.07, 6.45) is 8.53. The van der Waals surface area contributed by atoms with Crippen LogP contribution in [-0.2, 0) is 11.3 Å². The van der Waals surface area contributed by atoms with E-state index in [0.717, 1.165) is 60.3 Å². The highest BCUT2D eigenvalue weighted by Crippen LogP contribution is 2.24. The van der Waals surface area contributed by atoms with Crippen LogP contribution in [0.15, 0.2) is 49.1 Å². The molecule has 0 spiro atoms. The Labute approximate surface area is 210 Å². The molecule has 0 aliphatic carbocycles. The summed E-state index contributed by atoms with van der Waals surface area (Å²) in [6.45, 7) is 7.72. The zero-order valence-electron chi connectivity index (χ0n) is 20.8. The van der Waals surface area contributed by atoms with E-state index >= 15 is 0 Å². The van der Waals surface area contributed by atoms with Crippen LogP contribution < -0.4 is 10.6 Å². The number of aromatic nitrogens is 6. The Morgan fingerprint density at radius 3 is 2.72 bits per heavy atom. The van der Waals surface area contributed by atoms with Crippen molar-refractivity contribution in [1.29, 1.82) is 0 Å². The monoisotopic (exact) mass is 485 g/mol. The van der Waals surface area contributed by atoms with E-state index < -0.39 is 0 Å². The standard InChI is InChI=1S/C26H31N9O/c1-17(2)18-10-25(33-29-12-18)32-24-6-5-22-23(31-24)9-19(11-28-22)20-13-30-35(16-20)8-4-7-34-14-21(15-34)26(36)27-3/h5-6,9-13,16-17,21H,4,7-8,14-15H2,1-3H3,(H,27,36)(H,31,32,33). The molecule has 4 aromatic rings. The van der Waals surface area contributed by atoms with E-state index in [1.165, 1.54) is 0 Å². The summed E-state index contributed by atoms with van der Waals surface area (Å²) in [6, 6.07) is 7.87. The largest absolute Gasteiger partial charge is 0.359 e. The summed E-state index contributed by atoms with van der Waals surface area (Å²) in [5, 5.41) is 18.8. The van der Waals surface area contributed by atoms with E-state index in [-0.39, 0.29) is 11.8 Å². The maximum atomic E-state index is 11.6. The fourth-order valence-electron chi connectivity index (χ4n) is 4.34. The number of rotatable bonds is 9. The molecule has 1 aliphatic rings. The van der Waals surface area contributed by atoms with Gasteiger partial charge in [0.1, 0.15) is 5.82 Å². The van der Waals surface area contributed by atoms with Gasteiger partial charge in [0.25, 0.3) is 0 Å². The first-order chi connectivity index (χ1) is 17.5. The lowest BCUT2D eigenvalue weighted by molar-refractivity contribution is -0.129. The number of likely N-dealkylation sites (tertiary alicyclic amines) is 1. The van der Waals surface area contributed by atoms with Crippen molar-refractivity contribution >= 4 is 28.6 Å². The lowest BCUT2D eigenvalue weighted by Gasteiger charge is -2.37. The van der Waals surface area contributed by atoms with Crippen molar-refractivity contribution in [1.82, 2.24) is 40.2 Å². The molecular weight excluding hydrogens is 454 g/mol. The Bertz CT molecular complexity index is 1360. The molecule has 1 fully saturated rings. The van der Waals surface area contributed by atoms with Crippen molar-refractivity contribution in [2.24, 2.45) is 5.92 Å². The van der Waals surface area contributed by atoms with Crippen LogP contribution in [0.1, 0.15) is 31.7 Å². The molecule has 1 amide bonds. The number of carbonyl (C=O) groups is 1. The molecule has 10 nitrogen and oxygen atoms in total. The molecule has 2 N–H and O–H groups in total. The molecule has 186 valence electrons. The summed E-state index contributed by atoms with van der Waals surface area (Å²) < 4.78 is 1.96. The van der Waals surface area contributed by atoms with Gasteiger partial charge in [-0.1, -0.05) is 13.8 Å². The number of anilines is 2. The number of pyridine rings is 2. The van der Waals surface area contributed by atoms with Gasteiger partial charge in [-0.15, -0.1) is 5.10 Å². The minimum Gasteiger partial charge on any atom is -0.359 e. The molecular formula is C26H31N9O. The van der Waals surface area contributed by atoms with Crippen molar-refractivity contribution in [3.05, 3.63) is 54.6 Å². The molecule has 0 atom stereocenters. The number of fused-ring (bicyclic) bond motifs is 1. The zero-order valence-corrected chi connectivity index (χ0v) is 20.8. The second kappa shape index (κ2) is 10.4. The fraction of sp³-hybridized carbons (Fsp3) is 0.385. The quantitative estimate of drug-likeness (QED) is 0.372. The fourth-order valence-corrected chi connectivity index (χ4v) is 4.34. The lowest BCUT2D eigenvalue weighted by atomic mass is 9.99. The van der Waals surface area contributed by atoms with Crippen LogP contribution in [0.25, 0.3) is 22.2 Å². The van der Waals surface area contributed by atoms with Crippen LogP contribution in [0.5, 0.6) is 0 Å². The Morgan fingerprint density at radius 2 is 1.92 bits per heavy atom. The van der Waals surface area contributed by atoms with Crippen LogP contribution in [0.3, 0.4) is 0 Å². The van der Waals surface area contributed by atoms with Crippen molar-refractivity contribution in [3.8, 4) is 11.1 Å². The smallest absolute Gasteiger partial charge is 0.225 e. The van der Waals surface area contributed by atoms with E-state index in [1.54, 1.807) is 13.2 Å². The van der Waals surface area contributed by atoms with Gasteiger partial charge in [0.2, 0.25) is 5.91 Å².